The predicted octanol–water partition coefficient (Wildman–Crippen LogP) is -3.53. The van der Waals surface area contributed by atoms with E-state index in [2.05, 4.69) is 0 Å². The van der Waals surface area contributed by atoms with Gasteiger partial charge in [-0.05, 0) is 6.92 Å². The van der Waals surface area contributed by atoms with Crippen LogP contribution in [0.15, 0.2) is 0 Å². The molecule has 2 rings (SSSR count). The minimum Gasteiger partial charge on any atom is -0.394 e. The zero-order valence-corrected chi connectivity index (χ0v) is 11.4. The van der Waals surface area contributed by atoms with Gasteiger partial charge in [-0.15, -0.1) is 0 Å². The van der Waals surface area contributed by atoms with E-state index in [9.17, 15) is 25.5 Å². The molecule has 0 aromatic heterocycles. The monoisotopic (exact) mass is 309 g/mol. The maximum atomic E-state index is 9.89. The van der Waals surface area contributed by atoms with E-state index in [1.165, 1.54) is 6.92 Å². The van der Waals surface area contributed by atoms with Gasteiger partial charge in [0.15, 0.2) is 6.29 Å². The van der Waals surface area contributed by atoms with Crippen molar-refractivity contribution in [2.75, 3.05) is 6.61 Å². The molecule has 2 fully saturated rings. The number of aliphatic hydroxyl groups excluding tert-OH is 6. The lowest BCUT2D eigenvalue weighted by Gasteiger charge is -2.42. The van der Waals surface area contributed by atoms with E-state index >= 15 is 0 Å². The Balaban J connectivity index is 1.98. The van der Waals surface area contributed by atoms with E-state index in [4.69, 9.17) is 19.3 Å². The highest BCUT2D eigenvalue weighted by Crippen LogP contribution is 2.27. The summed E-state index contributed by atoms with van der Waals surface area (Å²) in [4.78, 5) is 0. The normalized spacial score (nSPS) is 51.9. The fourth-order valence-electron chi connectivity index (χ4n) is 2.30. The third-order valence-electron chi connectivity index (χ3n) is 3.73. The molecular weight excluding hydrogens is 288 g/mol. The molecule has 0 aliphatic carbocycles. The molecule has 0 amide bonds. The molecule has 9 heteroatoms. The Labute approximate surface area is 121 Å². The Kier molecular flexibility index (Phi) is 5.52. The van der Waals surface area contributed by atoms with Crippen LogP contribution in [0.2, 0.25) is 0 Å². The van der Waals surface area contributed by atoms with Crippen molar-refractivity contribution < 1.29 is 44.8 Å². The minimum absolute atomic E-state index is 0.480. The summed E-state index contributed by atoms with van der Waals surface area (Å²) in [6.45, 7) is 2.09. The van der Waals surface area contributed by atoms with Gasteiger partial charge in [-0.2, -0.15) is 0 Å². The van der Waals surface area contributed by atoms with Crippen LogP contribution in [-0.4, -0.2) is 92.4 Å². The number of rotatable bonds is 3. The van der Waals surface area contributed by atoms with Crippen LogP contribution >= 0.6 is 0 Å². The molecule has 0 spiro atoms. The van der Waals surface area contributed by atoms with Crippen LogP contribution in [0.4, 0.5) is 0 Å². The quantitative estimate of drug-likeness (QED) is 0.312. The minimum atomic E-state index is -1.52. The number of aliphatic hydroxyl groups is 6. The summed E-state index contributed by atoms with van der Waals surface area (Å²) in [5.74, 6) is 0. The van der Waals surface area contributed by atoms with Crippen molar-refractivity contribution in [2.45, 2.75) is 62.0 Å². The van der Waals surface area contributed by atoms with Crippen LogP contribution in [-0.2, 0) is 14.2 Å². The fourth-order valence-corrected chi connectivity index (χ4v) is 2.30. The molecular formula is C12H21O9. The van der Waals surface area contributed by atoms with Crippen LogP contribution in [0, 0.1) is 6.61 Å². The average Bonchev–Trinajstić information content (AvgIpc) is 2.47. The van der Waals surface area contributed by atoms with Gasteiger partial charge in [0, 0.05) is 0 Å². The van der Waals surface area contributed by atoms with Gasteiger partial charge in [-0.1, -0.05) is 0 Å². The molecule has 0 bridgehead atoms. The smallest absolute Gasteiger partial charge is 0.187 e. The first-order chi connectivity index (χ1) is 9.86. The highest BCUT2D eigenvalue weighted by atomic mass is 16.7. The zero-order valence-electron chi connectivity index (χ0n) is 11.4. The van der Waals surface area contributed by atoms with Crippen molar-refractivity contribution in [3.05, 3.63) is 6.61 Å². The van der Waals surface area contributed by atoms with Gasteiger partial charge < -0.3 is 44.8 Å². The van der Waals surface area contributed by atoms with Gasteiger partial charge in [0.2, 0.25) is 0 Å². The van der Waals surface area contributed by atoms with Crippen LogP contribution < -0.4 is 0 Å². The molecule has 9 nitrogen and oxygen atoms in total. The van der Waals surface area contributed by atoms with Crippen LogP contribution in [0.1, 0.15) is 6.92 Å². The molecule has 2 aliphatic rings. The molecule has 6 N–H and O–H groups in total. The lowest BCUT2D eigenvalue weighted by molar-refractivity contribution is -0.319. The van der Waals surface area contributed by atoms with Crippen molar-refractivity contribution in [3.8, 4) is 0 Å². The van der Waals surface area contributed by atoms with E-state index in [1.807, 2.05) is 0 Å². The van der Waals surface area contributed by atoms with Gasteiger partial charge in [0.25, 0.3) is 0 Å². The summed E-state index contributed by atoms with van der Waals surface area (Å²) >= 11 is 0. The topological polar surface area (TPSA) is 149 Å². The van der Waals surface area contributed by atoms with Gasteiger partial charge in [-0.3, -0.25) is 0 Å². The lowest BCUT2D eigenvalue weighted by atomic mass is 9.98. The van der Waals surface area contributed by atoms with E-state index < -0.39 is 61.7 Å². The Bertz CT molecular complexity index is 341. The summed E-state index contributed by atoms with van der Waals surface area (Å²) in [6.07, 6.45) is -11.2. The Morgan fingerprint density at radius 1 is 0.952 bits per heavy atom. The predicted molar refractivity (Wildman–Crippen MR) is 65.5 cm³/mol. The lowest BCUT2D eigenvalue weighted by Crippen LogP contribution is -2.60. The van der Waals surface area contributed by atoms with Gasteiger partial charge in [0.05, 0.1) is 12.7 Å². The summed E-state index contributed by atoms with van der Waals surface area (Å²) < 4.78 is 15.5. The second-order valence-corrected chi connectivity index (χ2v) is 5.26. The molecule has 1 radical (unpaired) electrons. The fraction of sp³-hybridized carbons (Fsp3) is 0.917. The van der Waals surface area contributed by atoms with E-state index in [1.54, 1.807) is 0 Å². The van der Waals surface area contributed by atoms with Crippen molar-refractivity contribution in [1.82, 2.24) is 0 Å². The van der Waals surface area contributed by atoms with Crippen molar-refractivity contribution in [1.29, 1.82) is 0 Å². The number of ether oxygens (including phenoxy) is 3. The summed E-state index contributed by atoms with van der Waals surface area (Å²) in [7, 11) is 0. The third-order valence-corrected chi connectivity index (χ3v) is 3.73. The maximum Gasteiger partial charge on any atom is 0.187 e. The zero-order chi connectivity index (χ0) is 15.7. The maximum absolute atomic E-state index is 9.89. The van der Waals surface area contributed by atoms with E-state index in [-0.39, 0.29) is 0 Å². The third kappa shape index (κ3) is 3.36. The molecule has 2 aliphatic heterocycles. The molecule has 9 atom stereocenters. The molecule has 2 saturated heterocycles. The first-order valence-electron chi connectivity index (χ1n) is 6.67. The summed E-state index contributed by atoms with van der Waals surface area (Å²) in [6, 6.07) is 0. The second-order valence-electron chi connectivity index (χ2n) is 5.26. The molecule has 0 unspecified atom stereocenters. The number of hydrogen-bond acceptors (Lipinski definition) is 9. The summed E-state index contributed by atoms with van der Waals surface area (Å²) in [5.41, 5.74) is 0. The Morgan fingerprint density at radius 2 is 1.62 bits per heavy atom. The molecule has 2 heterocycles. The standard InChI is InChI=1S/C12H21O9/c1-4-7(14)10(17)11(18)12(20-4)21-6-3-19-5(2-13)8(15)9(6)16/h3-18H,2H2,1H3/t4-,5-,6+,7-,8-,9-,10+,11+,12+/m1/s1. The van der Waals surface area contributed by atoms with Crippen LogP contribution in [0.3, 0.4) is 0 Å². The molecule has 0 saturated carbocycles. The highest BCUT2D eigenvalue weighted by Gasteiger charge is 2.46. The number of hydrogen-bond donors (Lipinski definition) is 6. The van der Waals surface area contributed by atoms with Crippen LogP contribution in [0.25, 0.3) is 0 Å². The van der Waals surface area contributed by atoms with Gasteiger partial charge in [0.1, 0.15) is 49.3 Å². The van der Waals surface area contributed by atoms with Crippen molar-refractivity contribution in [3.63, 3.8) is 0 Å². The molecule has 21 heavy (non-hydrogen) atoms. The van der Waals surface area contributed by atoms with Crippen LogP contribution in [0.5, 0.6) is 0 Å². The molecule has 123 valence electrons. The van der Waals surface area contributed by atoms with Gasteiger partial charge >= 0.3 is 0 Å². The largest absolute Gasteiger partial charge is 0.394 e. The highest BCUT2D eigenvalue weighted by molar-refractivity contribution is 4.94. The first-order valence-corrected chi connectivity index (χ1v) is 6.67. The second kappa shape index (κ2) is 6.82. The Hall–Kier alpha value is -0.360. The SMILES string of the molecule is C[C@H]1O[C@@H](O[C@H]2[CH]O[C@H](CO)[C@@H](O)[C@@H]2O)[C@@H](O)[C@@H](O)[C@@H]1O. The van der Waals surface area contributed by atoms with Crippen molar-refractivity contribution >= 4 is 0 Å². The first kappa shape index (κ1) is 17.0. The summed E-state index contributed by atoms with van der Waals surface area (Å²) in [5, 5.41) is 57.6. The van der Waals surface area contributed by atoms with Gasteiger partial charge in [-0.25, -0.2) is 0 Å². The van der Waals surface area contributed by atoms with Crippen molar-refractivity contribution in [2.24, 2.45) is 0 Å². The molecule has 0 aromatic carbocycles. The molecule has 0 aromatic rings. The van der Waals surface area contributed by atoms with E-state index in [0.29, 0.717) is 0 Å². The Morgan fingerprint density at radius 3 is 2.24 bits per heavy atom. The average molecular weight is 309 g/mol. The van der Waals surface area contributed by atoms with E-state index in [0.717, 1.165) is 6.61 Å².